The van der Waals surface area contributed by atoms with Gasteiger partial charge in [-0.05, 0) is 56.6 Å². The molecule has 82 valence electrons. The van der Waals surface area contributed by atoms with Gasteiger partial charge in [0, 0.05) is 0 Å². The Morgan fingerprint density at radius 3 is 2.60 bits per heavy atom. The lowest BCUT2D eigenvalue weighted by Gasteiger charge is -2.29. The van der Waals surface area contributed by atoms with Gasteiger partial charge in [-0.15, -0.1) is 0 Å². The van der Waals surface area contributed by atoms with Crippen molar-refractivity contribution in [3.63, 3.8) is 0 Å². The highest BCUT2D eigenvalue weighted by Gasteiger charge is 2.19. The van der Waals surface area contributed by atoms with Crippen LogP contribution in [-0.4, -0.2) is 30.1 Å². The average molecular weight is 209 g/mol. The Hall–Kier alpha value is -1.09. The molecule has 0 aliphatic carbocycles. The first-order valence-electron chi connectivity index (χ1n) is 5.34. The van der Waals surface area contributed by atoms with E-state index < -0.39 is 5.82 Å². The van der Waals surface area contributed by atoms with Crippen molar-refractivity contribution in [2.24, 2.45) is 0 Å². The van der Waals surface area contributed by atoms with Crippen LogP contribution >= 0.6 is 0 Å². The first-order chi connectivity index (χ1) is 7.16. The molecule has 1 saturated heterocycles. The third kappa shape index (κ3) is 2.29. The summed E-state index contributed by atoms with van der Waals surface area (Å²) in [6.07, 6.45) is 2.14. The number of rotatable bonds is 1. The van der Waals surface area contributed by atoms with Crippen molar-refractivity contribution in [1.82, 2.24) is 4.90 Å². The van der Waals surface area contributed by atoms with Crippen molar-refractivity contribution in [2.45, 2.75) is 18.8 Å². The van der Waals surface area contributed by atoms with Crippen LogP contribution in [0.1, 0.15) is 24.3 Å². The van der Waals surface area contributed by atoms with E-state index in [1.165, 1.54) is 12.1 Å². The van der Waals surface area contributed by atoms with Gasteiger partial charge < -0.3 is 10.0 Å². The van der Waals surface area contributed by atoms with Crippen LogP contribution in [0.15, 0.2) is 18.2 Å². The third-order valence-corrected chi connectivity index (χ3v) is 3.16. The van der Waals surface area contributed by atoms with Gasteiger partial charge in [0.25, 0.3) is 0 Å². The predicted octanol–water partition coefficient (Wildman–Crippen LogP) is 2.34. The maximum Gasteiger partial charge on any atom is 0.165 e. The number of phenolic OH excluding ortho intramolecular Hbond substituents is 1. The standard InChI is InChI=1S/C12H16FNO/c1-14-6-4-9(5-7-14)10-2-3-12(15)11(13)8-10/h2-3,8-9,15H,4-7H2,1H3. The highest BCUT2D eigenvalue weighted by Crippen LogP contribution is 2.29. The number of nitrogens with zero attached hydrogens (tertiary/aromatic N) is 1. The summed E-state index contributed by atoms with van der Waals surface area (Å²) in [6.45, 7) is 2.13. The van der Waals surface area contributed by atoms with Crippen molar-refractivity contribution in [1.29, 1.82) is 0 Å². The van der Waals surface area contributed by atoms with Crippen LogP contribution in [0, 0.1) is 5.82 Å². The van der Waals surface area contributed by atoms with E-state index in [1.807, 2.05) is 6.07 Å². The summed E-state index contributed by atoms with van der Waals surface area (Å²) in [6, 6.07) is 4.74. The second-order valence-corrected chi connectivity index (χ2v) is 4.29. The molecule has 0 spiro atoms. The second-order valence-electron chi connectivity index (χ2n) is 4.29. The number of benzene rings is 1. The first kappa shape index (κ1) is 10.4. The SMILES string of the molecule is CN1CCC(c2ccc(O)c(F)c2)CC1. The third-order valence-electron chi connectivity index (χ3n) is 3.16. The van der Waals surface area contributed by atoms with E-state index in [-0.39, 0.29) is 5.75 Å². The fourth-order valence-corrected chi connectivity index (χ4v) is 2.12. The molecular weight excluding hydrogens is 193 g/mol. The maximum atomic E-state index is 13.2. The van der Waals surface area contributed by atoms with Gasteiger partial charge in [-0.2, -0.15) is 0 Å². The minimum Gasteiger partial charge on any atom is -0.505 e. The molecule has 0 saturated carbocycles. The summed E-state index contributed by atoms with van der Waals surface area (Å²) in [5, 5.41) is 9.10. The van der Waals surface area contributed by atoms with Gasteiger partial charge in [0.2, 0.25) is 0 Å². The van der Waals surface area contributed by atoms with Gasteiger partial charge in [-0.1, -0.05) is 6.07 Å². The van der Waals surface area contributed by atoms with Gasteiger partial charge in [-0.25, -0.2) is 4.39 Å². The van der Waals surface area contributed by atoms with Crippen LogP contribution in [0.2, 0.25) is 0 Å². The molecule has 0 radical (unpaired) electrons. The molecule has 1 aromatic carbocycles. The van der Waals surface area contributed by atoms with Crippen LogP contribution in [0.3, 0.4) is 0 Å². The second kappa shape index (κ2) is 4.19. The topological polar surface area (TPSA) is 23.5 Å². The van der Waals surface area contributed by atoms with Gasteiger partial charge in [0.1, 0.15) is 0 Å². The van der Waals surface area contributed by atoms with E-state index in [9.17, 15) is 4.39 Å². The van der Waals surface area contributed by atoms with Gasteiger partial charge in [0.05, 0.1) is 0 Å². The number of hydrogen-bond acceptors (Lipinski definition) is 2. The molecule has 3 heteroatoms. The molecule has 1 aliphatic rings. The highest BCUT2D eigenvalue weighted by atomic mass is 19.1. The van der Waals surface area contributed by atoms with Gasteiger partial charge in [-0.3, -0.25) is 0 Å². The Morgan fingerprint density at radius 2 is 2.00 bits per heavy atom. The summed E-state index contributed by atoms with van der Waals surface area (Å²) in [5.74, 6) is -0.325. The molecule has 1 fully saturated rings. The van der Waals surface area contributed by atoms with E-state index in [1.54, 1.807) is 0 Å². The Kier molecular flexibility index (Phi) is 2.91. The minimum atomic E-state index is -0.508. The summed E-state index contributed by atoms with van der Waals surface area (Å²) in [4.78, 5) is 2.28. The zero-order valence-corrected chi connectivity index (χ0v) is 8.91. The lowest BCUT2D eigenvalue weighted by molar-refractivity contribution is 0.255. The highest BCUT2D eigenvalue weighted by molar-refractivity contribution is 5.30. The molecule has 15 heavy (non-hydrogen) atoms. The normalized spacial score (nSPS) is 19.3. The van der Waals surface area contributed by atoms with E-state index in [4.69, 9.17) is 5.11 Å². The molecule has 0 unspecified atom stereocenters. The molecule has 2 nitrogen and oxygen atoms in total. The zero-order chi connectivity index (χ0) is 10.8. The minimum absolute atomic E-state index is 0.258. The summed E-state index contributed by atoms with van der Waals surface area (Å²) < 4.78 is 13.2. The summed E-state index contributed by atoms with van der Waals surface area (Å²) in [7, 11) is 2.10. The molecule has 1 heterocycles. The quantitative estimate of drug-likeness (QED) is 0.767. The van der Waals surface area contributed by atoms with Crippen molar-refractivity contribution in [3.05, 3.63) is 29.6 Å². The molecule has 1 N–H and O–H groups in total. The monoisotopic (exact) mass is 209 g/mol. The fourth-order valence-electron chi connectivity index (χ4n) is 2.12. The Morgan fingerprint density at radius 1 is 1.33 bits per heavy atom. The Bertz CT molecular complexity index is 345. The molecule has 0 aromatic heterocycles. The van der Waals surface area contributed by atoms with E-state index in [0.717, 1.165) is 31.5 Å². The molecule has 0 amide bonds. The van der Waals surface area contributed by atoms with Crippen molar-refractivity contribution < 1.29 is 9.50 Å². The lowest BCUT2D eigenvalue weighted by atomic mass is 9.89. The zero-order valence-electron chi connectivity index (χ0n) is 8.91. The fraction of sp³-hybridized carbons (Fsp3) is 0.500. The number of aromatic hydroxyl groups is 1. The molecule has 0 bridgehead atoms. The molecule has 2 rings (SSSR count). The van der Waals surface area contributed by atoms with Crippen LogP contribution in [0.4, 0.5) is 4.39 Å². The van der Waals surface area contributed by atoms with E-state index in [2.05, 4.69) is 11.9 Å². The predicted molar refractivity (Wildman–Crippen MR) is 57.5 cm³/mol. The number of likely N-dealkylation sites (tertiary alicyclic amines) is 1. The number of hydrogen-bond donors (Lipinski definition) is 1. The number of phenols is 1. The smallest absolute Gasteiger partial charge is 0.165 e. The number of piperidine rings is 1. The molecular formula is C12H16FNO. The Labute approximate surface area is 89.3 Å². The van der Waals surface area contributed by atoms with Crippen molar-refractivity contribution in [2.75, 3.05) is 20.1 Å². The Balaban J connectivity index is 2.12. The van der Waals surface area contributed by atoms with Crippen LogP contribution in [0.5, 0.6) is 5.75 Å². The largest absolute Gasteiger partial charge is 0.505 e. The van der Waals surface area contributed by atoms with Gasteiger partial charge >= 0.3 is 0 Å². The molecule has 1 aromatic rings. The van der Waals surface area contributed by atoms with Crippen molar-refractivity contribution >= 4 is 0 Å². The lowest BCUT2D eigenvalue weighted by Crippen LogP contribution is -2.29. The summed E-state index contributed by atoms with van der Waals surface area (Å²) >= 11 is 0. The number of halogens is 1. The first-order valence-corrected chi connectivity index (χ1v) is 5.34. The van der Waals surface area contributed by atoms with E-state index >= 15 is 0 Å². The van der Waals surface area contributed by atoms with Gasteiger partial charge in [0.15, 0.2) is 11.6 Å². The maximum absolute atomic E-state index is 13.2. The molecule has 1 aliphatic heterocycles. The van der Waals surface area contributed by atoms with Crippen LogP contribution in [0.25, 0.3) is 0 Å². The molecule has 0 atom stereocenters. The van der Waals surface area contributed by atoms with Crippen molar-refractivity contribution in [3.8, 4) is 5.75 Å². The van der Waals surface area contributed by atoms with E-state index in [0.29, 0.717) is 5.92 Å². The average Bonchev–Trinajstić information content (AvgIpc) is 2.23. The van der Waals surface area contributed by atoms with Crippen LogP contribution in [-0.2, 0) is 0 Å². The summed E-state index contributed by atoms with van der Waals surface area (Å²) in [5.41, 5.74) is 1.01. The van der Waals surface area contributed by atoms with Crippen LogP contribution < -0.4 is 0 Å².